The smallest absolute Gasteiger partial charge is 0.225 e. The number of methoxy groups -OCH3 is 1. The fourth-order valence-corrected chi connectivity index (χ4v) is 1.32. The Hall–Kier alpha value is -0.610. The third-order valence-electron chi connectivity index (χ3n) is 1.77. The lowest BCUT2D eigenvalue weighted by molar-refractivity contribution is 0.186. The Balaban J connectivity index is 2.82. The van der Waals surface area contributed by atoms with Crippen LogP contribution in [0.25, 0.3) is 0 Å². The average Bonchev–Trinajstić information content (AvgIpc) is 2.43. The first-order valence-electron chi connectivity index (χ1n) is 4.24. The van der Waals surface area contributed by atoms with Crippen LogP contribution in [0, 0.1) is 0 Å². The van der Waals surface area contributed by atoms with Crippen LogP contribution in [-0.2, 0) is 11.3 Å². The molecule has 5 heteroatoms. The molecule has 0 atom stereocenters. The second-order valence-corrected chi connectivity index (χ2v) is 3.46. The van der Waals surface area contributed by atoms with Gasteiger partial charge in [-0.15, -0.1) is 10.2 Å². The summed E-state index contributed by atoms with van der Waals surface area (Å²) in [6.45, 7) is 5.45. The molecule has 0 bridgehead atoms. The van der Waals surface area contributed by atoms with Crippen molar-refractivity contribution >= 4 is 11.6 Å². The van der Waals surface area contributed by atoms with Gasteiger partial charge in [0.05, 0.1) is 13.2 Å². The molecule has 1 aromatic heterocycles. The van der Waals surface area contributed by atoms with Crippen LogP contribution in [0.15, 0.2) is 0 Å². The van der Waals surface area contributed by atoms with E-state index in [1.165, 1.54) is 0 Å². The average molecular weight is 204 g/mol. The minimum atomic E-state index is 0.330. The maximum Gasteiger partial charge on any atom is 0.225 e. The molecule has 0 aromatic carbocycles. The van der Waals surface area contributed by atoms with Crippen LogP contribution in [0.5, 0.6) is 0 Å². The Bertz CT molecular complexity index is 272. The second kappa shape index (κ2) is 4.58. The van der Waals surface area contributed by atoms with Crippen molar-refractivity contribution in [3.63, 3.8) is 0 Å². The highest BCUT2D eigenvalue weighted by molar-refractivity contribution is 6.28. The normalized spacial score (nSPS) is 11.2. The minimum Gasteiger partial charge on any atom is -0.383 e. The molecule has 0 radical (unpaired) electrons. The van der Waals surface area contributed by atoms with E-state index in [9.17, 15) is 0 Å². The van der Waals surface area contributed by atoms with Gasteiger partial charge in [0.2, 0.25) is 5.28 Å². The molecule has 0 amide bonds. The number of hydrogen-bond acceptors (Lipinski definition) is 3. The maximum absolute atomic E-state index is 5.86. The van der Waals surface area contributed by atoms with Crippen LogP contribution in [-0.4, -0.2) is 28.5 Å². The molecule has 0 saturated carbocycles. The van der Waals surface area contributed by atoms with Crippen molar-refractivity contribution in [1.29, 1.82) is 0 Å². The van der Waals surface area contributed by atoms with Crippen LogP contribution >= 0.6 is 11.6 Å². The van der Waals surface area contributed by atoms with Crippen molar-refractivity contribution in [3.05, 3.63) is 11.1 Å². The highest BCUT2D eigenvalue weighted by atomic mass is 35.5. The Morgan fingerprint density at radius 3 is 2.69 bits per heavy atom. The molecule has 0 spiro atoms. The molecule has 0 saturated heterocycles. The Morgan fingerprint density at radius 1 is 1.46 bits per heavy atom. The molecule has 0 fully saturated rings. The van der Waals surface area contributed by atoms with Crippen LogP contribution in [0.2, 0.25) is 5.28 Å². The summed E-state index contributed by atoms with van der Waals surface area (Å²) in [7, 11) is 1.66. The monoisotopic (exact) mass is 203 g/mol. The predicted octanol–water partition coefficient (Wildman–Crippen LogP) is 1.70. The number of nitrogens with zero attached hydrogens (tertiary/aromatic N) is 3. The van der Waals surface area contributed by atoms with Crippen molar-refractivity contribution in [2.45, 2.75) is 26.3 Å². The van der Waals surface area contributed by atoms with Crippen molar-refractivity contribution in [3.8, 4) is 0 Å². The van der Waals surface area contributed by atoms with Gasteiger partial charge in [-0.1, -0.05) is 13.8 Å². The first-order valence-corrected chi connectivity index (χ1v) is 4.62. The Labute approximate surface area is 82.9 Å². The molecule has 0 aliphatic carbocycles. The van der Waals surface area contributed by atoms with Crippen molar-refractivity contribution in [2.24, 2.45) is 0 Å². The fourth-order valence-electron chi connectivity index (χ4n) is 1.11. The third kappa shape index (κ3) is 2.42. The summed E-state index contributed by atoms with van der Waals surface area (Å²) in [5.74, 6) is 1.24. The van der Waals surface area contributed by atoms with Crippen LogP contribution in [0.1, 0.15) is 25.6 Å². The molecule has 0 aliphatic heterocycles. The third-order valence-corrected chi connectivity index (χ3v) is 2.05. The molecule has 1 heterocycles. The summed E-state index contributed by atoms with van der Waals surface area (Å²) in [4.78, 5) is 0. The molecule has 74 valence electrons. The molecule has 1 rings (SSSR count). The van der Waals surface area contributed by atoms with Crippen LogP contribution < -0.4 is 0 Å². The van der Waals surface area contributed by atoms with E-state index in [0.29, 0.717) is 24.4 Å². The van der Waals surface area contributed by atoms with Gasteiger partial charge in [0, 0.05) is 13.0 Å². The van der Waals surface area contributed by atoms with Gasteiger partial charge in [0.1, 0.15) is 5.82 Å². The minimum absolute atomic E-state index is 0.330. The van der Waals surface area contributed by atoms with E-state index in [1.54, 1.807) is 7.11 Å². The van der Waals surface area contributed by atoms with E-state index in [0.717, 1.165) is 5.82 Å². The van der Waals surface area contributed by atoms with Crippen molar-refractivity contribution in [1.82, 2.24) is 14.8 Å². The molecule has 4 nitrogen and oxygen atoms in total. The fraction of sp³-hybridized carbons (Fsp3) is 0.750. The van der Waals surface area contributed by atoms with Gasteiger partial charge in [-0.25, -0.2) is 0 Å². The summed E-state index contributed by atoms with van der Waals surface area (Å²) in [6, 6.07) is 0. The Morgan fingerprint density at radius 2 is 2.15 bits per heavy atom. The SMILES string of the molecule is COCCn1c(Cl)nnc1C(C)C. The van der Waals surface area contributed by atoms with Gasteiger partial charge in [-0.3, -0.25) is 4.57 Å². The number of aromatic nitrogens is 3. The second-order valence-electron chi connectivity index (χ2n) is 3.13. The summed E-state index contributed by atoms with van der Waals surface area (Å²) in [5, 5.41) is 8.24. The van der Waals surface area contributed by atoms with Crippen molar-refractivity contribution in [2.75, 3.05) is 13.7 Å². The van der Waals surface area contributed by atoms with Crippen LogP contribution in [0.4, 0.5) is 0 Å². The zero-order chi connectivity index (χ0) is 9.84. The molecule has 0 aliphatic rings. The lowest BCUT2D eigenvalue weighted by atomic mass is 10.2. The topological polar surface area (TPSA) is 39.9 Å². The molecule has 1 aromatic rings. The highest BCUT2D eigenvalue weighted by Crippen LogP contribution is 2.15. The number of rotatable bonds is 4. The predicted molar refractivity (Wildman–Crippen MR) is 51.0 cm³/mol. The first-order chi connectivity index (χ1) is 6.16. The lowest BCUT2D eigenvalue weighted by Gasteiger charge is -2.08. The summed E-state index contributed by atoms with van der Waals surface area (Å²) in [5.41, 5.74) is 0. The standard InChI is InChI=1S/C8H14ClN3O/c1-6(2)7-10-11-8(9)12(7)4-5-13-3/h6H,4-5H2,1-3H3. The lowest BCUT2D eigenvalue weighted by Crippen LogP contribution is -2.09. The van der Waals surface area contributed by atoms with Gasteiger partial charge in [-0.05, 0) is 11.6 Å². The number of hydrogen-bond donors (Lipinski definition) is 0. The zero-order valence-electron chi connectivity index (χ0n) is 8.12. The molecular formula is C8H14ClN3O. The largest absolute Gasteiger partial charge is 0.383 e. The van der Waals surface area contributed by atoms with E-state index in [1.807, 2.05) is 4.57 Å². The number of ether oxygens (including phenoxy) is 1. The van der Waals surface area contributed by atoms with E-state index in [4.69, 9.17) is 16.3 Å². The highest BCUT2D eigenvalue weighted by Gasteiger charge is 2.12. The van der Waals surface area contributed by atoms with Gasteiger partial charge >= 0.3 is 0 Å². The van der Waals surface area contributed by atoms with E-state index >= 15 is 0 Å². The number of halogens is 1. The van der Waals surface area contributed by atoms with Gasteiger partial charge in [-0.2, -0.15) is 0 Å². The quantitative estimate of drug-likeness (QED) is 0.748. The van der Waals surface area contributed by atoms with Gasteiger partial charge in [0.25, 0.3) is 0 Å². The van der Waals surface area contributed by atoms with Crippen molar-refractivity contribution < 1.29 is 4.74 Å². The Kier molecular flexibility index (Phi) is 3.69. The first kappa shape index (κ1) is 10.5. The maximum atomic E-state index is 5.86. The molecule has 13 heavy (non-hydrogen) atoms. The summed E-state index contributed by atoms with van der Waals surface area (Å²) < 4.78 is 6.84. The van der Waals surface area contributed by atoms with E-state index in [2.05, 4.69) is 24.0 Å². The zero-order valence-corrected chi connectivity index (χ0v) is 8.88. The molecule has 0 N–H and O–H groups in total. The van der Waals surface area contributed by atoms with E-state index < -0.39 is 0 Å². The van der Waals surface area contributed by atoms with E-state index in [-0.39, 0.29) is 0 Å². The molecule has 0 unspecified atom stereocenters. The molecular weight excluding hydrogens is 190 g/mol. The van der Waals surface area contributed by atoms with Gasteiger partial charge < -0.3 is 4.74 Å². The van der Waals surface area contributed by atoms with Crippen LogP contribution in [0.3, 0.4) is 0 Å². The van der Waals surface area contributed by atoms with Gasteiger partial charge in [0.15, 0.2) is 0 Å². The summed E-state index contributed by atoms with van der Waals surface area (Å²) >= 11 is 5.86. The summed E-state index contributed by atoms with van der Waals surface area (Å²) in [6.07, 6.45) is 0.